The summed E-state index contributed by atoms with van der Waals surface area (Å²) < 4.78 is 33.8. The van der Waals surface area contributed by atoms with Crippen molar-refractivity contribution in [1.29, 1.82) is 0 Å². The van der Waals surface area contributed by atoms with Gasteiger partial charge in [-0.1, -0.05) is 0 Å². The van der Waals surface area contributed by atoms with Crippen LogP contribution < -0.4 is 16.5 Å². The van der Waals surface area contributed by atoms with Crippen molar-refractivity contribution in [2.24, 2.45) is 25.8 Å². The monoisotopic (exact) mass is 496 g/mol. The second-order valence-corrected chi connectivity index (χ2v) is 9.38. The Morgan fingerprint density at radius 3 is 3.03 bits per heavy atom. The fourth-order valence-electron chi connectivity index (χ4n) is 4.20. The number of carbonyl (C=O) groups excluding carboxylic acids is 1. The molecule has 15 nitrogen and oxygen atoms in total. The summed E-state index contributed by atoms with van der Waals surface area (Å²) in [4.78, 5) is 37.0. The average Bonchev–Trinajstić information content (AvgIpc) is 3.45. The highest BCUT2D eigenvalue weighted by Crippen LogP contribution is 2.57. The van der Waals surface area contributed by atoms with Crippen molar-refractivity contribution in [3.63, 3.8) is 0 Å². The molecule has 5 heterocycles. The number of fused-ring (bicyclic) bond motifs is 2. The van der Waals surface area contributed by atoms with Gasteiger partial charge in [0.25, 0.3) is 5.91 Å². The second-order valence-electron chi connectivity index (χ2n) is 8.02. The zero-order chi connectivity index (χ0) is 23.9. The third-order valence-corrected chi connectivity index (χ3v) is 6.74. The summed E-state index contributed by atoms with van der Waals surface area (Å²) in [5, 5.41) is 6.76. The SMILES string of the molecule is CCNC(=O)[C@H]1O[C@@H](N2C=NC3C(N)=NC(N/N=C/[C@H]4CCC=CO4)=NC32)[C@@H]2OP(=O)(O)O[C@@H]21. The number of phosphoric ester groups is 1. The molecule has 0 saturated carbocycles. The van der Waals surface area contributed by atoms with Crippen LogP contribution in [0.4, 0.5) is 0 Å². The molecule has 0 radical (unpaired) electrons. The van der Waals surface area contributed by atoms with Crippen molar-refractivity contribution < 1.29 is 32.8 Å². The Bertz CT molecular complexity index is 1030. The van der Waals surface area contributed by atoms with Crippen LogP contribution in [-0.2, 0) is 27.9 Å². The van der Waals surface area contributed by atoms with E-state index in [0.717, 1.165) is 12.8 Å². The molecule has 0 bridgehead atoms. The van der Waals surface area contributed by atoms with Crippen LogP contribution >= 0.6 is 7.82 Å². The molecule has 0 aromatic rings. The molecule has 0 spiro atoms. The van der Waals surface area contributed by atoms with Gasteiger partial charge in [0.15, 0.2) is 18.5 Å². The first-order chi connectivity index (χ1) is 16.4. The van der Waals surface area contributed by atoms with Gasteiger partial charge in [-0.3, -0.25) is 18.8 Å². The number of allylic oxidation sites excluding steroid dienone is 1. The molecule has 184 valence electrons. The number of amides is 1. The number of nitrogens with zero attached hydrogens (tertiary/aromatic N) is 5. The quantitative estimate of drug-likeness (QED) is 0.203. The highest BCUT2D eigenvalue weighted by atomic mass is 31.2. The molecule has 8 atom stereocenters. The first-order valence-corrected chi connectivity index (χ1v) is 12.3. The summed E-state index contributed by atoms with van der Waals surface area (Å²) >= 11 is 0. The van der Waals surface area contributed by atoms with Gasteiger partial charge in [0.2, 0.25) is 5.96 Å². The first kappa shape index (κ1) is 22.9. The zero-order valence-corrected chi connectivity index (χ0v) is 19.0. The summed E-state index contributed by atoms with van der Waals surface area (Å²) in [6.07, 6.45) is 3.20. The number of nitrogens with two attached hydrogens (primary N) is 1. The summed E-state index contributed by atoms with van der Waals surface area (Å²) in [6, 6.07) is -0.616. The molecular formula is C18H25N8O7P. The van der Waals surface area contributed by atoms with Crippen LogP contribution in [0.3, 0.4) is 0 Å². The number of phosphoric acid groups is 1. The molecule has 34 heavy (non-hydrogen) atoms. The number of amidine groups is 1. The molecule has 0 aromatic carbocycles. The van der Waals surface area contributed by atoms with Crippen LogP contribution in [0.2, 0.25) is 0 Å². The van der Waals surface area contributed by atoms with Crippen LogP contribution in [0.25, 0.3) is 0 Å². The van der Waals surface area contributed by atoms with E-state index >= 15 is 0 Å². The number of likely N-dealkylation sites (N-methyl/N-ethyl adjacent to an activating group) is 1. The van der Waals surface area contributed by atoms with Gasteiger partial charge in [-0.15, -0.1) is 0 Å². The summed E-state index contributed by atoms with van der Waals surface area (Å²) in [5.74, 6) is -0.148. The van der Waals surface area contributed by atoms with Crippen LogP contribution in [0.5, 0.6) is 0 Å². The molecule has 16 heteroatoms. The van der Waals surface area contributed by atoms with Crippen LogP contribution in [0, 0.1) is 0 Å². The zero-order valence-electron chi connectivity index (χ0n) is 18.1. The normalized spacial score (nSPS) is 40.5. The molecule has 0 aromatic heterocycles. The molecular weight excluding hydrogens is 471 g/mol. The topological polar surface area (TPSA) is 194 Å². The Kier molecular flexibility index (Phi) is 6.12. The third kappa shape index (κ3) is 4.32. The maximum atomic E-state index is 12.5. The molecule has 2 fully saturated rings. The van der Waals surface area contributed by atoms with Crippen molar-refractivity contribution in [3.05, 3.63) is 12.3 Å². The number of aliphatic imine (C=N–C) groups is 3. The van der Waals surface area contributed by atoms with E-state index in [-0.39, 0.29) is 17.9 Å². The van der Waals surface area contributed by atoms with Gasteiger partial charge in [-0.2, -0.15) is 10.1 Å². The minimum absolute atomic E-state index is 0.142. The van der Waals surface area contributed by atoms with E-state index in [1.807, 2.05) is 6.08 Å². The number of nitrogens with one attached hydrogen (secondary N) is 2. The average molecular weight is 496 g/mol. The number of hydrogen-bond donors (Lipinski definition) is 4. The molecule has 2 saturated heterocycles. The maximum Gasteiger partial charge on any atom is 0.473 e. The van der Waals surface area contributed by atoms with E-state index in [0.29, 0.717) is 6.54 Å². The van der Waals surface area contributed by atoms with Gasteiger partial charge >= 0.3 is 7.82 Å². The first-order valence-electron chi connectivity index (χ1n) is 10.8. The van der Waals surface area contributed by atoms with Crippen molar-refractivity contribution in [3.8, 4) is 0 Å². The van der Waals surface area contributed by atoms with Gasteiger partial charge in [0.1, 0.15) is 30.2 Å². The minimum Gasteiger partial charge on any atom is -0.493 e. The van der Waals surface area contributed by atoms with Crippen molar-refractivity contribution in [2.45, 2.75) is 62.6 Å². The lowest BCUT2D eigenvalue weighted by Crippen LogP contribution is -2.52. The van der Waals surface area contributed by atoms with Crippen molar-refractivity contribution >= 4 is 38.1 Å². The van der Waals surface area contributed by atoms with E-state index in [2.05, 4.69) is 30.8 Å². The van der Waals surface area contributed by atoms with E-state index < -0.39 is 50.5 Å². The van der Waals surface area contributed by atoms with Gasteiger partial charge < -0.3 is 30.3 Å². The van der Waals surface area contributed by atoms with Crippen LogP contribution in [-0.4, -0.2) is 89.4 Å². The Balaban J connectivity index is 1.34. The Morgan fingerprint density at radius 2 is 2.26 bits per heavy atom. The van der Waals surface area contributed by atoms with Gasteiger partial charge in [-0.25, -0.2) is 15.0 Å². The highest BCUT2D eigenvalue weighted by molar-refractivity contribution is 7.47. The molecule has 0 aliphatic carbocycles. The standard InChI is InChI=1S/C18H25N8O7P/c1-2-20-16(27)12-11-13(33-34(28,29)32-11)17(31-12)26-8-21-10-14(19)23-18(24-15(10)26)25-22-7-9-5-3-4-6-30-9/h4,6-13,15,17H,2-3,5H2,1H3,(H,20,27)(H,28,29)(H3,19,23,24,25)/b22-7+/t9-,10?,11-,12+,13-,15?,17-/m1/s1. The predicted molar refractivity (Wildman–Crippen MR) is 119 cm³/mol. The second kappa shape index (κ2) is 9.07. The number of rotatable bonds is 5. The molecule has 3 unspecified atom stereocenters. The van der Waals surface area contributed by atoms with E-state index in [1.165, 1.54) is 6.34 Å². The maximum absolute atomic E-state index is 12.5. The molecule has 5 rings (SSSR count). The third-order valence-electron chi connectivity index (χ3n) is 5.72. The van der Waals surface area contributed by atoms with E-state index in [9.17, 15) is 14.3 Å². The van der Waals surface area contributed by atoms with Crippen molar-refractivity contribution in [1.82, 2.24) is 15.6 Å². The molecule has 5 aliphatic heterocycles. The minimum atomic E-state index is -4.35. The van der Waals surface area contributed by atoms with E-state index in [4.69, 9.17) is 24.3 Å². The largest absolute Gasteiger partial charge is 0.493 e. The summed E-state index contributed by atoms with van der Waals surface area (Å²) in [5.41, 5.74) is 8.85. The number of carbonyl (C=O) groups is 1. The summed E-state index contributed by atoms with van der Waals surface area (Å²) in [7, 11) is -4.35. The lowest BCUT2D eigenvalue weighted by Gasteiger charge is -2.32. The van der Waals surface area contributed by atoms with E-state index in [1.54, 1.807) is 24.3 Å². The Labute approximate surface area is 194 Å². The Hall–Kier alpha value is -2.84. The molecule has 5 aliphatic rings. The molecule has 1 amide bonds. The summed E-state index contributed by atoms with van der Waals surface area (Å²) in [6.45, 7) is 2.10. The van der Waals surface area contributed by atoms with Gasteiger partial charge in [-0.05, 0) is 25.8 Å². The number of hydrogen-bond acceptors (Lipinski definition) is 13. The lowest BCUT2D eigenvalue weighted by molar-refractivity contribution is -0.139. The van der Waals surface area contributed by atoms with Gasteiger partial charge in [0, 0.05) is 6.54 Å². The van der Waals surface area contributed by atoms with Crippen LogP contribution in [0.1, 0.15) is 19.8 Å². The highest BCUT2D eigenvalue weighted by Gasteiger charge is 2.62. The fraction of sp³-hybridized carbons (Fsp3) is 0.611. The molecule has 5 N–H and O–H groups in total. The number of hydrazone groups is 1. The van der Waals surface area contributed by atoms with Crippen LogP contribution in [0.15, 0.2) is 32.4 Å². The fourth-order valence-corrected chi connectivity index (χ4v) is 5.32. The number of guanidine groups is 1. The Morgan fingerprint density at radius 1 is 1.44 bits per heavy atom. The predicted octanol–water partition coefficient (Wildman–Crippen LogP) is -1.23. The lowest BCUT2D eigenvalue weighted by atomic mass is 10.1. The number of ether oxygens (including phenoxy) is 2. The van der Waals surface area contributed by atoms with Crippen molar-refractivity contribution in [2.75, 3.05) is 6.54 Å². The van der Waals surface area contributed by atoms with Gasteiger partial charge in [0.05, 0.1) is 18.8 Å². The smallest absolute Gasteiger partial charge is 0.473 e.